The van der Waals surface area contributed by atoms with E-state index < -0.39 is 33.2 Å². The molecule has 0 amide bonds. The number of aromatic nitrogens is 3. The molecule has 0 saturated heterocycles. The van der Waals surface area contributed by atoms with Crippen LogP contribution in [0.1, 0.15) is 29.2 Å². The monoisotopic (exact) mass is 579 g/mol. The van der Waals surface area contributed by atoms with Gasteiger partial charge in [-0.05, 0) is 36.2 Å². The van der Waals surface area contributed by atoms with Crippen LogP contribution in [0.4, 0.5) is 8.78 Å². The molecule has 12 heteroatoms. The number of nitrogens with one attached hydrogen (secondary N) is 2. The largest absolute Gasteiger partial charge is 0.492 e. The first-order valence-electron chi connectivity index (χ1n) is 12.6. The second-order valence-electron chi connectivity index (χ2n) is 9.75. The van der Waals surface area contributed by atoms with E-state index in [1.165, 1.54) is 24.4 Å². The van der Waals surface area contributed by atoms with Gasteiger partial charge in [0.25, 0.3) is 0 Å². The molecular weight excluding hydrogens is 556 g/mol. The Morgan fingerprint density at radius 1 is 1.17 bits per heavy atom. The van der Waals surface area contributed by atoms with Crippen LogP contribution in [-0.2, 0) is 21.1 Å². The van der Waals surface area contributed by atoms with Crippen molar-refractivity contribution in [2.75, 3.05) is 12.9 Å². The minimum absolute atomic E-state index is 0.00986. The van der Waals surface area contributed by atoms with Gasteiger partial charge in [0.05, 0.1) is 11.5 Å². The predicted octanol–water partition coefficient (Wildman–Crippen LogP) is 5.57. The highest BCUT2D eigenvalue weighted by molar-refractivity contribution is 7.91. The number of sulfone groups is 1. The van der Waals surface area contributed by atoms with Gasteiger partial charge in [0.1, 0.15) is 34.6 Å². The Kier molecular flexibility index (Phi) is 6.49. The van der Waals surface area contributed by atoms with Gasteiger partial charge in [0.2, 0.25) is 0 Å². The molecule has 0 bridgehead atoms. The van der Waals surface area contributed by atoms with Crippen LogP contribution >= 0.6 is 0 Å². The lowest BCUT2D eigenvalue weighted by Gasteiger charge is -2.13. The normalized spacial score (nSPS) is 14.7. The zero-order valence-electron chi connectivity index (χ0n) is 21.6. The standard InChI is InChI=1S/C29H23F2N3O6S/c1-41(37,38)28-18-9-10-32-23(18)12-22(31)27(28)40-16-6-7-21(30)19(11-16)29-33-13-24(34-29)20-14-39-26-15(5-8-25(35)36)3-2-4-17(20)26/h2-4,6-7,9-13,20,32H,5,8,14H2,1H3,(H,33,34)(H,35,36). The topological polar surface area (TPSA) is 134 Å². The van der Waals surface area contributed by atoms with Gasteiger partial charge in [-0.3, -0.25) is 4.79 Å². The van der Waals surface area contributed by atoms with Crippen LogP contribution in [0.5, 0.6) is 17.2 Å². The molecule has 6 rings (SSSR count). The van der Waals surface area contributed by atoms with Crippen LogP contribution in [0.25, 0.3) is 22.3 Å². The van der Waals surface area contributed by atoms with E-state index in [2.05, 4.69) is 15.0 Å². The maximum Gasteiger partial charge on any atom is 0.303 e. The van der Waals surface area contributed by atoms with Crippen molar-refractivity contribution in [3.63, 3.8) is 0 Å². The number of aliphatic carboxylic acids is 1. The predicted molar refractivity (Wildman–Crippen MR) is 145 cm³/mol. The third-order valence-electron chi connectivity index (χ3n) is 6.98. The first-order chi connectivity index (χ1) is 19.6. The number of ether oxygens (including phenoxy) is 2. The van der Waals surface area contributed by atoms with Crippen LogP contribution in [0, 0.1) is 11.6 Å². The van der Waals surface area contributed by atoms with Crippen molar-refractivity contribution in [2.45, 2.75) is 23.7 Å². The Morgan fingerprint density at radius 2 is 2.00 bits per heavy atom. The van der Waals surface area contributed by atoms with E-state index in [1.807, 2.05) is 18.2 Å². The zero-order valence-corrected chi connectivity index (χ0v) is 22.4. The summed E-state index contributed by atoms with van der Waals surface area (Å²) in [5, 5.41) is 9.31. The quantitative estimate of drug-likeness (QED) is 0.219. The van der Waals surface area contributed by atoms with Crippen LogP contribution in [0.15, 0.2) is 65.8 Å². The number of rotatable bonds is 8. The van der Waals surface area contributed by atoms with Crippen molar-refractivity contribution in [1.29, 1.82) is 0 Å². The summed E-state index contributed by atoms with van der Waals surface area (Å²) in [6.45, 7) is 0.294. The lowest BCUT2D eigenvalue weighted by Crippen LogP contribution is -2.04. The highest BCUT2D eigenvalue weighted by Gasteiger charge is 2.30. The van der Waals surface area contributed by atoms with Gasteiger partial charge < -0.3 is 24.5 Å². The summed E-state index contributed by atoms with van der Waals surface area (Å²) in [5.41, 5.74) is 2.64. The SMILES string of the molecule is CS(=O)(=O)c1c(Oc2ccc(F)c(-c3ncc(C4COc5c(CCC(=O)O)cccc54)[nH]3)c2)c(F)cc2[nH]ccc12. The number of aromatic amines is 2. The number of halogens is 2. The van der Waals surface area contributed by atoms with Crippen LogP contribution < -0.4 is 9.47 Å². The number of fused-ring (bicyclic) bond motifs is 2. The lowest BCUT2D eigenvalue weighted by atomic mass is 9.95. The Bertz CT molecular complexity index is 1930. The van der Waals surface area contributed by atoms with Crippen molar-refractivity contribution < 1.29 is 36.6 Å². The molecule has 210 valence electrons. The Labute approximate surface area is 232 Å². The molecule has 1 unspecified atom stereocenters. The number of benzene rings is 3. The van der Waals surface area contributed by atoms with Gasteiger partial charge in [-0.2, -0.15) is 0 Å². The molecule has 1 aliphatic heterocycles. The third-order valence-corrected chi connectivity index (χ3v) is 8.12. The molecule has 0 fully saturated rings. The zero-order chi connectivity index (χ0) is 28.9. The van der Waals surface area contributed by atoms with E-state index in [9.17, 15) is 17.6 Å². The fourth-order valence-electron chi connectivity index (χ4n) is 5.11. The van der Waals surface area contributed by atoms with E-state index in [-0.39, 0.29) is 39.8 Å². The highest BCUT2D eigenvalue weighted by atomic mass is 32.2. The summed E-state index contributed by atoms with van der Waals surface area (Å²) in [7, 11) is -3.90. The van der Waals surface area contributed by atoms with E-state index in [0.29, 0.717) is 30.0 Å². The average molecular weight is 580 g/mol. The van der Waals surface area contributed by atoms with Gasteiger partial charge in [0, 0.05) is 53.3 Å². The summed E-state index contributed by atoms with van der Waals surface area (Å²) < 4.78 is 66.8. The molecule has 3 N–H and O–H groups in total. The van der Waals surface area contributed by atoms with Crippen molar-refractivity contribution in [3.05, 3.63) is 89.4 Å². The number of para-hydroxylation sites is 1. The summed E-state index contributed by atoms with van der Waals surface area (Å²) in [6, 6.07) is 11.9. The number of nitrogens with zero attached hydrogens (tertiary/aromatic N) is 1. The molecular formula is C29H23F2N3O6S. The number of imidazole rings is 1. The van der Waals surface area contributed by atoms with Crippen molar-refractivity contribution in [1.82, 2.24) is 15.0 Å². The average Bonchev–Trinajstić information content (AvgIpc) is 3.67. The minimum Gasteiger partial charge on any atom is -0.492 e. The molecule has 0 saturated carbocycles. The first kappa shape index (κ1) is 26.5. The maximum absolute atomic E-state index is 15.0. The van der Waals surface area contributed by atoms with Gasteiger partial charge >= 0.3 is 5.97 Å². The molecule has 0 radical (unpaired) electrons. The first-order valence-corrected chi connectivity index (χ1v) is 14.5. The third kappa shape index (κ3) is 4.91. The molecule has 0 aliphatic carbocycles. The van der Waals surface area contributed by atoms with Crippen molar-refractivity contribution in [2.24, 2.45) is 0 Å². The number of carboxylic acid groups (broad SMARTS) is 1. The molecule has 41 heavy (non-hydrogen) atoms. The second-order valence-corrected chi connectivity index (χ2v) is 11.7. The summed E-state index contributed by atoms with van der Waals surface area (Å²) in [6.07, 6.45) is 4.33. The van der Waals surface area contributed by atoms with E-state index in [0.717, 1.165) is 29.5 Å². The smallest absolute Gasteiger partial charge is 0.303 e. The summed E-state index contributed by atoms with van der Waals surface area (Å²) in [5.74, 6) is -2.31. The molecule has 1 aliphatic rings. The van der Waals surface area contributed by atoms with Crippen molar-refractivity contribution in [3.8, 4) is 28.6 Å². The van der Waals surface area contributed by atoms with E-state index in [1.54, 1.807) is 6.20 Å². The molecule has 3 aromatic carbocycles. The summed E-state index contributed by atoms with van der Waals surface area (Å²) >= 11 is 0. The number of carboxylic acids is 1. The van der Waals surface area contributed by atoms with Crippen LogP contribution in [0.2, 0.25) is 0 Å². The fourth-order valence-corrected chi connectivity index (χ4v) is 6.16. The van der Waals surface area contributed by atoms with Gasteiger partial charge in [-0.1, -0.05) is 18.2 Å². The Balaban J connectivity index is 1.32. The lowest BCUT2D eigenvalue weighted by molar-refractivity contribution is -0.136. The van der Waals surface area contributed by atoms with Gasteiger partial charge in [-0.25, -0.2) is 22.2 Å². The molecule has 5 aromatic rings. The van der Waals surface area contributed by atoms with Crippen LogP contribution in [0.3, 0.4) is 0 Å². The fraction of sp³-hybridized carbons (Fsp3) is 0.172. The minimum atomic E-state index is -3.90. The molecule has 9 nitrogen and oxygen atoms in total. The molecule has 3 heterocycles. The van der Waals surface area contributed by atoms with Crippen molar-refractivity contribution >= 4 is 26.7 Å². The van der Waals surface area contributed by atoms with E-state index in [4.69, 9.17) is 14.6 Å². The number of hydrogen-bond donors (Lipinski definition) is 3. The maximum atomic E-state index is 15.0. The number of hydrogen-bond acceptors (Lipinski definition) is 6. The van der Waals surface area contributed by atoms with Crippen LogP contribution in [-0.4, -0.2) is 47.3 Å². The Morgan fingerprint density at radius 3 is 2.78 bits per heavy atom. The number of carbonyl (C=O) groups is 1. The Hall–Kier alpha value is -4.71. The second kappa shape index (κ2) is 10.0. The van der Waals surface area contributed by atoms with E-state index >= 15 is 4.39 Å². The number of aryl methyl sites for hydroxylation is 1. The van der Waals surface area contributed by atoms with Gasteiger partial charge in [-0.15, -0.1) is 0 Å². The summed E-state index contributed by atoms with van der Waals surface area (Å²) in [4.78, 5) is 21.0. The molecule has 0 spiro atoms. The highest BCUT2D eigenvalue weighted by Crippen LogP contribution is 2.42. The number of H-pyrrole nitrogens is 2. The molecule has 2 aromatic heterocycles. The molecule has 1 atom stereocenters. The van der Waals surface area contributed by atoms with Gasteiger partial charge in [0.15, 0.2) is 21.4 Å².